The number of nitrogens with zero attached hydrogens (tertiary/aromatic N) is 2. The van der Waals surface area contributed by atoms with Crippen molar-refractivity contribution in [3.63, 3.8) is 0 Å². The Hall–Kier alpha value is -2.30. The molecule has 1 heterocycles. The second kappa shape index (κ2) is 6.04. The highest BCUT2D eigenvalue weighted by molar-refractivity contribution is 5.48. The molecule has 1 aromatic heterocycles. The summed E-state index contributed by atoms with van der Waals surface area (Å²) in [5.74, 6) is 1.28. The average Bonchev–Trinajstić information content (AvgIpc) is 2.37. The van der Waals surface area contributed by atoms with E-state index >= 15 is 0 Å². The van der Waals surface area contributed by atoms with Crippen LogP contribution in [0.15, 0.2) is 36.7 Å². The van der Waals surface area contributed by atoms with Gasteiger partial charge in [0.2, 0.25) is 5.88 Å². The van der Waals surface area contributed by atoms with Gasteiger partial charge in [-0.15, -0.1) is 0 Å². The molecule has 0 aliphatic heterocycles. The van der Waals surface area contributed by atoms with Crippen molar-refractivity contribution in [3.8, 4) is 5.88 Å². The fourth-order valence-corrected chi connectivity index (χ4v) is 1.62. The number of nitrogens with two attached hydrogens (primary N) is 1. The van der Waals surface area contributed by atoms with Gasteiger partial charge in [-0.25, -0.2) is 9.97 Å². The first-order chi connectivity index (χ1) is 9.15. The van der Waals surface area contributed by atoms with Gasteiger partial charge < -0.3 is 15.8 Å². The maximum atomic E-state index is 5.88. The quantitative estimate of drug-likeness (QED) is 0.806. The van der Waals surface area contributed by atoms with Crippen LogP contribution in [-0.4, -0.2) is 16.1 Å². The van der Waals surface area contributed by atoms with E-state index in [1.54, 1.807) is 6.07 Å². The van der Waals surface area contributed by atoms with Crippen LogP contribution in [-0.2, 0) is 6.54 Å². The SMILES string of the molecule is CC(C)Oc1cc(NCc2ccccc2N)ncn1. The topological polar surface area (TPSA) is 73.1 Å². The maximum absolute atomic E-state index is 5.88. The minimum absolute atomic E-state index is 0.0903. The molecule has 0 spiro atoms. The minimum atomic E-state index is 0.0903. The molecule has 0 amide bonds. The van der Waals surface area contributed by atoms with E-state index in [4.69, 9.17) is 10.5 Å². The van der Waals surface area contributed by atoms with Crippen molar-refractivity contribution in [2.45, 2.75) is 26.5 Å². The molecule has 5 nitrogen and oxygen atoms in total. The molecule has 19 heavy (non-hydrogen) atoms. The third kappa shape index (κ3) is 3.84. The summed E-state index contributed by atoms with van der Waals surface area (Å²) in [4.78, 5) is 8.20. The van der Waals surface area contributed by atoms with E-state index in [1.165, 1.54) is 6.33 Å². The first-order valence-corrected chi connectivity index (χ1v) is 6.21. The fourth-order valence-electron chi connectivity index (χ4n) is 1.62. The molecule has 0 aliphatic carbocycles. The third-order valence-corrected chi connectivity index (χ3v) is 2.51. The Bertz CT molecular complexity index is 542. The van der Waals surface area contributed by atoms with Gasteiger partial charge in [0.05, 0.1) is 6.10 Å². The monoisotopic (exact) mass is 258 g/mol. The van der Waals surface area contributed by atoms with Gasteiger partial charge in [0.15, 0.2) is 0 Å². The molecule has 2 rings (SSSR count). The summed E-state index contributed by atoms with van der Waals surface area (Å²) in [6, 6.07) is 9.51. The smallest absolute Gasteiger partial charge is 0.218 e. The summed E-state index contributed by atoms with van der Waals surface area (Å²) in [6.45, 7) is 4.53. The maximum Gasteiger partial charge on any atom is 0.218 e. The molecule has 0 aliphatic rings. The Morgan fingerprint density at radius 2 is 2.05 bits per heavy atom. The molecule has 0 radical (unpaired) electrons. The highest BCUT2D eigenvalue weighted by Gasteiger charge is 2.03. The largest absolute Gasteiger partial charge is 0.475 e. The summed E-state index contributed by atoms with van der Waals surface area (Å²) in [5, 5.41) is 3.20. The molecule has 0 unspecified atom stereocenters. The van der Waals surface area contributed by atoms with Crippen LogP contribution in [0.25, 0.3) is 0 Å². The molecule has 2 aromatic rings. The van der Waals surface area contributed by atoms with Crippen LogP contribution < -0.4 is 15.8 Å². The molecule has 3 N–H and O–H groups in total. The number of hydrogen-bond acceptors (Lipinski definition) is 5. The summed E-state index contributed by atoms with van der Waals surface area (Å²) in [6.07, 6.45) is 1.57. The zero-order valence-electron chi connectivity index (χ0n) is 11.1. The Labute approximate surface area is 112 Å². The molecule has 0 bridgehead atoms. The molecule has 100 valence electrons. The average molecular weight is 258 g/mol. The number of ether oxygens (including phenoxy) is 1. The van der Waals surface area contributed by atoms with E-state index in [9.17, 15) is 0 Å². The normalized spacial score (nSPS) is 10.5. The number of rotatable bonds is 5. The lowest BCUT2D eigenvalue weighted by Crippen LogP contribution is -2.08. The minimum Gasteiger partial charge on any atom is -0.475 e. The van der Waals surface area contributed by atoms with Gasteiger partial charge >= 0.3 is 0 Å². The van der Waals surface area contributed by atoms with Gasteiger partial charge in [-0.3, -0.25) is 0 Å². The highest BCUT2D eigenvalue weighted by atomic mass is 16.5. The second-order valence-corrected chi connectivity index (χ2v) is 4.46. The van der Waals surface area contributed by atoms with Crippen molar-refractivity contribution in [2.24, 2.45) is 0 Å². The van der Waals surface area contributed by atoms with Gasteiger partial charge in [0, 0.05) is 18.3 Å². The van der Waals surface area contributed by atoms with E-state index in [0.717, 1.165) is 11.3 Å². The Morgan fingerprint density at radius 3 is 2.79 bits per heavy atom. The van der Waals surface area contributed by atoms with Crippen LogP contribution >= 0.6 is 0 Å². The standard InChI is InChI=1S/C14H18N4O/c1-10(2)19-14-7-13(17-9-18-14)16-8-11-5-3-4-6-12(11)15/h3-7,9-10H,8,15H2,1-2H3,(H,16,17,18). The lowest BCUT2D eigenvalue weighted by molar-refractivity contribution is 0.232. The van der Waals surface area contributed by atoms with Crippen LogP contribution in [0.1, 0.15) is 19.4 Å². The Balaban J connectivity index is 2.02. The first kappa shape index (κ1) is 13.1. The van der Waals surface area contributed by atoms with Crippen molar-refractivity contribution in [2.75, 3.05) is 11.1 Å². The van der Waals surface area contributed by atoms with Gasteiger partial charge in [-0.05, 0) is 25.5 Å². The van der Waals surface area contributed by atoms with E-state index in [2.05, 4.69) is 15.3 Å². The van der Waals surface area contributed by atoms with Gasteiger partial charge in [-0.1, -0.05) is 18.2 Å². The number of benzene rings is 1. The number of para-hydroxylation sites is 1. The lowest BCUT2D eigenvalue weighted by Gasteiger charge is -2.11. The van der Waals surface area contributed by atoms with Crippen molar-refractivity contribution in [3.05, 3.63) is 42.2 Å². The molecule has 0 fully saturated rings. The van der Waals surface area contributed by atoms with E-state index in [-0.39, 0.29) is 6.10 Å². The Kier molecular flexibility index (Phi) is 4.18. The lowest BCUT2D eigenvalue weighted by atomic mass is 10.2. The number of anilines is 2. The summed E-state index contributed by atoms with van der Waals surface area (Å²) in [5.41, 5.74) is 7.68. The first-order valence-electron chi connectivity index (χ1n) is 6.21. The number of nitrogens with one attached hydrogen (secondary N) is 1. The van der Waals surface area contributed by atoms with Gasteiger partial charge in [0.1, 0.15) is 12.1 Å². The van der Waals surface area contributed by atoms with E-state index < -0.39 is 0 Å². The van der Waals surface area contributed by atoms with Crippen molar-refractivity contribution in [1.82, 2.24) is 9.97 Å². The zero-order chi connectivity index (χ0) is 13.7. The molecule has 0 atom stereocenters. The molecule has 0 saturated heterocycles. The molecule has 0 saturated carbocycles. The molecule has 5 heteroatoms. The van der Waals surface area contributed by atoms with Crippen LogP contribution in [0.5, 0.6) is 5.88 Å². The van der Waals surface area contributed by atoms with Crippen LogP contribution in [0.2, 0.25) is 0 Å². The van der Waals surface area contributed by atoms with Crippen LogP contribution in [0.3, 0.4) is 0 Å². The summed E-state index contributed by atoms with van der Waals surface area (Å²) in [7, 11) is 0. The number of nitrogen functional groups attached to an aromatic ring is 1. The number of aromatic nitrogens is 2. The molecular formula is C14H18N4O. The predicted molar refractivity (Wildman–Crippen MR) is 76.0 cm³/mol. The zero-order valence-corrected chi connectivity index (χ0v) is 11.1. The van der Waals surface area contributed by atoms with Gasteiger partial charge in [-0.2, -0.15) is 0 Å². The van der Waals surface area contributed by atoms with Crippen molar-refractivity contribution >= 4 is 11.5 Å². The fraction of sp³-hybridized carbons (Fsp3) is 0.286. The Morgan fingerprint density at radius 1 is 1.26 bits per heavy atom. The van der Waals surface area contributed by atoms with E-state index in [1.807, 2.05) is 38.1 Å². The van der Waals surface area contributed by atoms with E-state index in [0.29, 0.717) is 18.2 Å². The molecule has 1 aromatic carbocycles. The summed E-state index contributed by atoms with van der Waals surface area (Å²) < 4.78 is 5.51. The number of hydrogen-bond donors (Lipinski definition) is 2. The van der Waals surface area contributed by atoms with Crippen molar-refractivity contribution < 1.29 is 4.74 Å². The molecular weight excluding hydrogens is 240 g/mol. The third-order valence-electron chi connectivity index (χ3n) is 2.51. The van der Waals surface area contributed by atoms with Crippen LogP contribution in [0, 0.1) is 0 Å². The van der Waals surface area contributed by atoms with Gasteiger partial charge in [0.25, 0.3) is 0 Å². The second-order valence-electron chi connectivity index (χ2n) is 4.46. The van der Waals surface area contributed by atoms with Crippen LogP contribution in [0.4, 0.5) is 11.5 Å². The predicted octanol–water partition coefficient (Wildman–Crippen LogP) is 2.46. The summed E-state index contributed by atoms with van der Waals surface area (Å²) >= 11 is 0. The van der Waals surface area contributed by atoms with Crippen molar-refractivity contribution in [1.29, 1.82) is 0 Å². The highest BCUT2D eigenvalue weighted by Crippen LogP contribution is 2.15.